The van der Waals surface area contributed by atoms with Gasteiger partial charge < -0.3 is 4.74 Å². The Balaban J connectivity index is 2.19. The highest BCUT2D eigenvalue weighted by Gasteiger charge is 2.23. The van der Waals surface area contributed by atoms with Crippen LogP contribution in [0.15, 0.2) is 39.9 Å². The number of sulfonamides is 1. The van der Waals surface area contributed by atoms with Crippen LogP contribution in [0.1, 0.15) is 19.7 Å². The van der Waals surface area contributed by atoms with Crippen LogP contribution in [-0.4, -0.2) is 29.2 Å². The molecule has 0 aliphatic rings. The van der Waals surface area contributed by atoms with Crippen molar-refractivity contribution >= 4 is 45.2 Å². The molecule has 146 valence electrons. The summed E-state index contributed by atoms with van der Waals surface area (Å²) in [6.45, 7) is 4.33. The van der Waals surface area contributed by atoms with Crippen LogP contribution in [0, 0.1) is 0 Å². The highest BCUT2D eigenvalue weighted by Crippen LogP contribution is 2.26. The zero-order valence-electron chi connectivity index (χ0n) is 14.4. The van der Waals surface area contributed by atoms with Crippen LogP contribution in [0.2, 0.25) is 0 Å². The maximum Gasteiger partial charge on any atom is 0.335 e. The van der Waals surface area contributed by atoms with E-state index in [4.69, 9.17) is 27.9 Å². The normalized spacial score (nSPS) is 11.9. The van der Waals surface area contributed by atoms with Crippen molar-refractivity contribution in [2.45, 2.75) is 31.7 Å². The zero-order valence-corrected chi connectivity index (χ0v) is 16.8. The molecule has 0 atom stereocenters. The monoisotopic (exact) mass is 433 g/mol. The Morgan fingerprint density at radius 2 is 2.04 bits per heavy atom. The lowest BCUT2D eigenvalue weighted by atomic mass is 10.3. The molecule has 2 amide bonds. The highest BCUT2D eigenvalue weighted by atomic mass is 35.5. The Hall–Kier alpha value is -2.30. The summed E-state index contributed by atoms with van der Waals surface area (Å²) in [6, 6.07) is 4.62. The fourth-order valence-corrected chi connectivity index (χ4v) is 3.30. The topological polar surface area (TPSA) is 115 Å². The number of urea groups is 1. The molecule has 12 heteroatoms. The van der Waals surface area contributed by atoms with Crippen molar-refractivity contribution < 1.29 is 17.9 Å². The molecular formula is C15H17Cl2N5O4S. The van der Waals surface area contributed by atoms with Gasteiger partial charge in [-0.2, -0.15) is 4.98 Å². The Morgan fingerprint density at radius 1 is 1.33 bits per heavy atom. The molecule has 0 radical (unpaired) electrons. The molecular weight excluding hydrogens is 417 g/mol. The minimum Gasteiger partial charge on any atom is -0.443 e. The zero-order chi connectivity index (χ0) is 20.0. The summed E-state index contributed by atoms with van der Waals surface area (Å²) in [7, 11) is -4.26. The van der Waals surface area contributed by atoms with E-state index in [2.05, 4.69) is 15.4 Å². The summed E-state index contributed by atoms with van der Waals surface area (Å²) in [5.74, 6) is 0.567. The van der Waals surface area contributed by atoms with Gasteiger partial charge in [-0.1, -0.05) is 30.7 Å². The first kappa shape index (κ1) is 21.0. The number of ether oxygens (including phenoxy) is 1. The lowest BCUT2D eigenvalue weighted by Gasteiger charge is -2.11. The largest absolute Gasteiger partial charge is 0.443 e. The van der Waals surface area contributed by atoms with Gasteiger partial charge in [-0.3, -0.25) is 5.32 Å². The number of aryl methyl sites for hydroxylation is 2. The number of nitrogens with one attached hydrogen (secondary N) is 2. The number of nitrogens with zero attached hydrogens (tertiary/aromatic N) is 3. The molecule has 0 spiro atoms. The Labute approximate surface area is 166 Å². The second-order valence-electron chi connectivity index (χ2n) is 5.04. The summed E-state index contributed by atoms with van der Waals surface area (Å²) in [6.07, 6.45) is 0.613. The van der Waals surface area contributed by atoms with Gasteiger partial charge in [-0.25, -0.2) is 22.6 Å². The maximum atomic E-state index is 12.5. The van der Waals surface area contributed by atoms with Crippen molar-refractivity contribution in [3.05, 3.63) is 40.8 Å². The van der Waals surface area contributed by atoms with Crippen molar-refractivity contribution in [1.82, 2.24) is 19.5 Å². The van der Waals surface area contributed by atoms with Gasteiger partial charge in [0.15, 0.2) is 0 Å². The van der Waals surface area contributed by atoms with Gasteiger partial charge in [0.1, 0.15) is 16.5 Å². The molecule has 2 rings (SSSR count). The van der Waals surface area contributed by atoms with Crippen LogP contribution in [0.5, 0.6) is 5.75 Å². The van der Waals surface area contributed by atoms with Crippen molar-refractivity contribution in [2.75, 3.05) is 5.32 Å². The molecule has 0 bridgehead atoms. The summed E-state index contributed by atoms with van der Waals surface area (Å²) in [4.78, 5) is 15.9. The van der Waals surface area contributed by atoms with E-state index in [1.165, 1.54) is 18.2 Å². The molecule has 1 aromatic carbocycles. The van der Waals surface area contributed by atoms with Crippen molar-refractivity contribution in [2.24, 2.45) is 0 Å². The van der Waals surface area contributed by atoms with E-state index in [-0.39, 0.29) is 21.8 Å². The number of hydrogen-bond acceptors (Lipinski definition) is 6. The van der Waals surface area contributed by atoms with Gasteiger partial charge in [0, 0.05) is 13.0 Å². The van der Waals surface area contributed by atoms with E-state index in [9.17, 15) is 13.2 Å². The minimum absolute atomic E-state index is 0.000877. The summed E-state index contributed by atoms with van der Waals surface area (Å²) in [5, 5.41) is 6.15. The fourth-order valence-electron chi connectivity index (χ4n) is 2.13. The van der Waals surface area contributed by atoms with Crippen LogP contribution >= 0.6 is 23.2 Å². The van der Waals surface area contributed by atoms with Crippen LogP contribution in [-0.2, 0) is 23.0 Å². The molecule has 0 saturated heterocycles. The van der Waals surface area contributed by atoms with Gasteiger partial charge in [0.25, 0.3) is 10.0 Å². The predicted octanol–water partition coefficient (Wildman–Crippen LogP) is 3.03. The Bertz CT molecular complexity index is 937. The van der Waals surface area contributed by atoms with Gasteiger partial charge >= 0.3 is 6.03 Å². The Morgan fingerprint density at radius 3 is 2.63 bits per heavy atom. The number of rotatable bonds is 7. The summed E-state index contributed by atoms with van der Waals surface area (Å²) >= 11 is 11.1. The lowest BCUT2D eigenvalue weighted by molar-refractivity contribution is 0.256. The van der Waals surface area contributed by atoms with E-state index < -0.39 is 16.1 Å². The molecule has 1 aromatic heterocycles. The van der Waals surface area contributed by atoms with Crippen molar-refractivity contribution in [3.63, 3.8) is 0 Å². The average Bonchev–Trinajstić information content (AvgIpc) is 3.03. The second kappa shape index (κ2) is 9.07. The first-order valence-corrected chi connectivity index (χ1v) is 10.1. The number of benzene rings is 1. The number of carbonyl (C=O) groups is 1. The predicted molar refractivity (Wildman–Crippen MR) is 101 cm³/mol. The SMILES string of the molecule is CCc1nc(NC(=O)NS(=O)(=O)c2ccccc2OC(Cl)=CCl)nn1CC. The van der Waals surface area contributed by atoms with Crippen molar-refractivity contribution in [1.29, 1.82) is 0 Å². The first-order valence-electron chi connectivity index (χ1n) is 7.81. The van der Waals surface area contributed by atoms with E-state index in [0.29, 0.717) is 18.8 Å². The molecule has 0 saturated carbocycles. The van der Waals surface area contributed by atoms with Crippen LogP contribution in [0.4, 0.5) is 10.7 Å². The van der Waals surface area contributed by atoms with Gasteiger partial charge in [-0.15, -0.1) is 5.10 Å². The molecule has 0 unspecified atom stereocenters. The summed E-state index contributed by atoms with van der Waals surface area (Å²) < 4.78 is 33.7. The van der Waals surface area contributed by atoms with E-state index in [0.717, 1.165) is 5.54 Å². The molecule has 9 nitrogen and oxygen atoms in total. The van der Waals surface area contributed by atoms with E-state index in [1.54, 1.807) is 10.7 Å². The molecule has 0 fully saturated rings. The molecule has 0 aliphatic carbocycles. The first-order chi connectivity index (χ1) is 12.8. The third-order valence-electron chi connectivity index (χ3n) is 3.25. The molecule has 1 heterocycles. The number of halogens is 2. The number of carbonyl (C=O) groups excluding carboxylic acids is 1. The highest BCUT2D eigenvalue weighted by molar-refractivity contribution is 7.90. The smallest absolute Gasteiger partial charge is 0.335 e. The quantitative estimate of drug-likeness (QED) is 0.648. The number of para-hydroxylation sites is 1. The third kappa shape index (κ3) is 5.34. The average molecular weight is 434 g/mol. The minimum atomic E-state index is -4.26. The maximum absolute atomic E-state index is 12.5. The van der Waals surface area contributed by atoms with Crippen LogP contribution < -0.4 is 14.8 Å². The van der Waals surface area contributed by atoms with Gasteiger partial charge in [0.2, 0.25) is 11.2 Å². The Kier molecular flexibility index (Phi) is 7.05. The molecule has 27 heavy (non-hydrogen) atoms. The molecule has 0 aliphatic heterocycles. The fraction of sp³-hybridized carbons (Fsp3) is 0.267. The number of aromatic nitrogens is 3. The van der Waals surface area contributed by atoms with Gasteiger partial charge in [-0.05, 0) is 30.7 Å². The molecule has 2 N–H and O–H groups in total. The van der Waals surface area contributed by atoms with Crippen LogP contribution in [0.3, 0.4) is 0 Å². The summed E-state index contributed by atoms with van der Waals surface area (Å²) in [5.41, 5.74) is 0.937. The third-order valence-corrected chi connectivity index (χ3v) is 5.11. The number of hydrogen-bond donors (Lipinski definition) is 2. The molecule has 2 aromatic rings. The number of amides is 2. The second-order valence-corrected chi connectivity index (χ2v) is 7.28. The van der Waals surface area contributed by atoms with Crippen LogP contribution in [0.25, 0.3) is 0 Å². The standard InChI is InChI=1S/C15H17Cl2N5O4S/c1-3-13-18-14(20-22(13)4-2)19-15(23)21-27(24,25)11-8-6-5-7-10(11)26-12(17)9-16/h5-9H,3-4H2,1-2H3,(H2,19,20,21,23). The van der Waals surface area contributed by atoms with Gasteiger partial charge in [0.05, 0.1) is 5.54 Å². The number of anilines is 1. The lowest BCUT2D eigenvalue weighted by Crippen LogP contribution is -2.34. The van der Waals surface area contributed by atoms with E-state index in [1.807, 2.05) is 18.6 Å². The van der Waals surface area contributed by atoms with E-state index >= 15 is 0 Å². The van der Waals surface area contributed by atoms with Crippen molar-refractivity contribution in [3.8, 4) is 5.75 Å².